The fraction of sp³-hybridized carbons (Fsp3) is 0.222. The van der Waals surface area contributed by atoms with Crippen LogP contribution in [0.1, 0.15) is 21.7 Å². The molecule has 1 amide bonds. The maximum Gasteiger partial charge on any atom is 0.260 e. The topological polar surface area (TPSA) is 114 Å². The average Bonchev–Trinajstić information content (AvgIpc) is 3.03. The molecule has 3 aromatic rings. The molecule has 0 atom stereocenters. The SMILES string of the molecule is Cc1nsc(Nc2cncc(CCS(C)(=O)=O)n2)c1C(=O)Nc1ccc(F)c(F)c1. The van der Waals surface area contributed by atoms with Gasteiger partial charge in [-0.1, -0.05) is 0 Å². The number of carbonyl (C=O) groups excluding carboxylic acids is 1. The number of aryl methyl sites for hydroxylation is 2. The number of hydrogen-bond donors (Lipinski definition) is 2. The fourth-order valence-corrected chi connectivity index (χ4v) is 3.86. The van der Waals surface area contributed by atoms with E-state index in [4.69, 9.17) is 0 Å². The molecule has 12 heteroatoms. The Morgan fingerprint density at radius 1 is 1.20 bits per heavy atom. The number of halogens is 2. The molecular formula is C18H17F2N5O3S2. The molecule has 0 aliphatic heterocycles. The Morgan fingerprint density at radius 2 is 1.97 bits per heavy atom. The largest absolute Gasteiger partial charge is 0.329 e. The quantitative estimate of drug-likeness (QED) is 0.565. The zero-order chi connectivity index (χ0) is 21.9. The molecule has 0 saturated carbocycles. The summed E-state index contributed by atoms with van der Waals surface area (Å²) in [5.41, 5.74) is 1.22. The summed E-state index contributed by atoms with van der Waals surface area (Å²) in [5, 5.41) is 5.84. The van der Waals surface area contributed by atoms with E-state index in [0.29, 0.717) is 22.2 Å². The minimum atomic E-state index is -3.14. The second kappa shape index (κ2) is 8.79. The molecule has 0 radical (unpaired) electrons. The number of aromatic nitrogens is 3. The summed E-state index contributed by atoms with van der Waals surface area (Å²) in [5.74, 6) is -2.40. The van der Waals surface area contributed by atoms with Crippen LogP contribution in [0.2, 0.25) is 0 Å². The van der Waals surface area contributed by atoms with Gasteiger partial charge in [0.25, 0.3) is 5.91 Å². The summed E-state index contributed by atoms with van der Waals surface area (Å²) < 4.78 is 53.3. The van der Waals surface area contributed by atoms with Gasteiger partial charge >= 0.3 is 0 Å². The number of nitrogens with one attached hydrogen (secondary N) is 2. The van der Waals surface area contributed by atoms with Gasteiger partial charge in [-0.05, 0) is 30.6 Å². The number of carbonyl (C=O) groups is 1. The highest BCUT2D eigenvalue weighted by atomic mass is 32.2. The summed E-state index contributed by atoms with van der Waals surface area (Å²) >= 11 is 1.02. The van der Waals surface area contributed by atoms with Gasteiger partial charge < -0.3 is 10.6 Å². The second-order valence-electron chi connectivity index (χ2n) is 6.46. The van der Waals surface area contributed by atoms with Gasteiger partial charge in [-0.3, -0.25) is 9.78 Å². The van der Waals surface area contributed by atoms with Crippen molar-refractivity contribution in [3.8, 4) is 0 Å². The molecule has 3 rings (SSSR count). The first-order chi connectivity index (χ1) is 14.1. The third-order valence-corrected chi connectivity index (χ3v) is 5.72. The van der Waals surface area contributed by atoms with E-state index in [0.717, 1.165) is 29.9 Å². The first-order valence-electron chi connectivity index (χ1n) is 8.61. The Hall–Kier alpha value is -2.99. The van der Waals surface area contributed by atoms with Crippen LogP contribution < -0.4 is 10.6 Å². The van der Waals surface area contributed by atoms with Gasteiger partial charge in [0.1, 0.15) is 20.7 Å². The van der Waals surface area contributed by atoms with Gasteiger partial charge in [0.15, 0.2) is 11.6 Å². The minimum Gasteiger partial charge on any atom is -0.329 e. The molecule has 0 unspecified atom stereocenters. The Bertz CT molecular complexity index is 1200. The van der Waals surface area contributed by atoms with Gasteiger partial charge in [-0.15, -0.1) is 0 Å². The van der Waals surface area contributed by atoms with Gasteiger partial charge in [0.05, 0.1) is 28.9 Å². The monoisotopic (exact) mass is 453 g/mol. The molecule has 0 aliphatic rings. The Labute approximate surface area is 175 Å². The Kier molecular flexibility index (Phi) is 6.37. The smallest absolute Gasteiger partial charge is 0.260 e. The fourth-order valence-electron chi connectivity index (χ4n) is 2.48. The van der Waals surface area contributed by atoms with Gasteiger partial charge in [-0.25, -0.2) is 22.2 Å². The van der Waals surface area contributed by atoms with Crippen molar-refractivity contribution in [3.63, 3.8) is 0 Å². The van der Waals surface area contributed by atoms with E-state index in [1.165, 1.54) is 18.5 Å². The number of rotatable bonds is 7. The van der Waals surface area contributed by atoms with Crippen LogP contribution in [0, 0.1) is 18.6 Å². The molecular weight excluding hydrogens is 436 g/mol. The van der Waals surface area contributed by atoms with Crippen LogP contribution in [-0.4, -0.2) is 40.7 Å². The van der Waals surface area contributed by atoms with Crippen molar-refractivity contribution >= 4 is 43.8 Å². The number of hydrogen-bond acceptors (Lipinski definition) is 8. The van der Waals surface area contributed by atoms with Gasteiger partial charge in [-0.2, -0.15) is 4.37 Å². The number of anilines is 3. The lowest BCUT2D eigenvalue weighted by Crippen LogP contribution is -2.14. The van der Waals surface area contributed by atoms with Crippen molar-refractivity contribution in [1.29, 1.82) is 0 Å². The molecule has 2 heterocycles. The molecule has 158 valence electrons. The van der Waals surface area contributed by atoms with Gasteiger partial charge in [0, 0.05) is 30.6 Å². The zero-order valence-electron chi connectivity index (χ0n) is 15.9. The molecule has 30 heavy (non-hydrogen) atoms. The van der Waals surface area contributed by atoms with Crippen molar-refractivity contribution in [3.05, 3.63) is 59.2 Å². The van der Waals surface area contributed by atoms with Crippen molar-refractivity contribution in [2.45, 2.75) is 13.3 Å². The predicted molar refractivity (Wildman–Crippen MR) is 110 cm³/mol. The Morgan fingerprint density at radius 3 is 2.67 bits per heavy atom. The first-order valence-corrected chi connectivity index (χ1v) is 11.4. The van der Waals surface area contributed by atoms with Crippen LogP contribution in [0.4, 0.5) is 25.3 Å². The highest BCUT2D eigenvalue weighted by molar-refractivity contribution is 7.90. The molecule has 0 aliphatic carbocycles. The van der Waals surface area contributed by atoms with E-state index in [1.807, 2.05) is 0 Å². The van der Waals surface area contributed by atoms with Crippen molar-refractivity contribution < 1.29 is 22.0 Å². The number of amides is 1. The molecule has 0 spiro atoms. The molecule has 1 aromatic carbocycles. The van der Waals surface area contributed by atoms with E-state index < -0.39 is 27.4 Å². The lowest BCUT2D eigenvalue weighted by atomic mass is 10.2. The molecule has 0 fully saturated rings. The molecule has 0 bridgehead atoms. The lowest BCUT2D eigenvalue weighted by Gasteiger charge is -2.09. The van der Waals surface area contributed by atoms with Crippen LogP contribution >= 0.6 is 11.5 Å². The average molecular weight is 453 g/mol. The van der Waals surface area contributed by atoms with E-state index >= 15 is 0 Å². The standard InChI is InChI=1S/C18H17F2N5O3S2/c1-10-16(17(26)23-11-3-4-13(19)14(20)7-11)18(29-25-10)24-15-9-21-8-12(22-15)5-6-30(2,27)28/h3-4,7-9H,5-6H2,1-2H3,(H,22,24)(H,23,26). The van der Waals surface area contributed by atoms with E-state index in [9.17, 15) is 22.0 Å². The van der Waals surface area contributed by atoms with Crippen LogP contribution in [0.5, 0.6) is 0 Å². The highest BCUT2D eigenvalue weighted by Crippen LogP contribution is 2.28. The van der Waals surface area contributed by atoms with Crippen molar-refractivity contribution in [1.82, 2.24) is 14.3 Å². The number of benzene rings is 1. The summed E-state index contributed by atoms with van der Waals surface area (Å²) in [6, 6.07) is 3.04. The summed E-state index contributed by atoms with van der Waals surface area (Å²) in [6.45, 7) is 1.63. The maximum absolute atomic E-state index is 13.4. The van der Waals surface area contributed by atoms with Crippen molar-refractivity contribution in [2.24, 2.45) is 0 Å². The zero-order valence-corrected chi connectivity index (χ0v) is 17.6. The lowest BCUT2D eigenvalue weighted by molar-refractivity contribution is 0.102. The molecule has 0 saturated heterocycles. The van der Waals surface area contributed by atoms with E-state index in [-0.39, 0.29) is 23.4 Å². The van der Waals surface area contributed by atoms with Crippen LogP contribution in [0.3, 0.4) is 0 Å². The van der Waals surface area contributed by atoms with E-state index in [1.54, 1.807) is 6.92 Å². The normalized spacial score (nSPS) is 11.3. The first kappa shape index (κ1) is 21.7. The predicted octanol–water partition coefficient (Wildman–Crippen LogP) is 3.10. The van der Waals surface area contributed by atoms with Gasteiger partial charge in [0.2, 0.25) is 0 Å². The van der Waals surface area contributed by atoms with E-state index in [2.05, 4.69) is 25.0 Å². The van der Waals surface area contributed by atoms with Crippen LogP contribution in [0.25, 0.3) is 0 Å². The summed E-state index contributed by atoms with van der Waals surface area (Å²) in [7, 11) is -3.14. The highest BCUT2D eigenvalue weighted by Gasteiger charge is 2.20. The summed E-state index contributed by atoms with van der Waals surface area (Å²) in [6.07, 6.45) is 4.23. The maximum atomic E-state index is 13.4. The number of sulfone groups is 1. The number of nitrogens with zero attached hydrogens (tertiary/aromatic N) is 3. The van der Waals surface area contributed by atoms with Crippen molar-refractivity contribution in [2.75, 3.05) is 22.6 Å². The molecule has 2 N–H and O–H groups in total. The van der Waals surface area contributed by atoms with Crippen LogP contribution in [0.15, 0.2) is 30.6 Å². The second-order valence-corrected chi connectivity index (χ2v) is 9.49. The minimum absolute atomic E-state index is 0.0628. The summed E-state index contributed by atoms with van der Waals surface area (Å²) in [4.78, 5) is 21.0. The Balaban J connectivity index is 1.79. The van der Waals surface area contributed by atoms with Crippen LogP contribution in [-0.2, 0) is 16.3 Å². The molecule has 2 aromatic heterocycles. The third-order valence-electron chi connectivity index (χ3n) is 3.92. The third kappa shape index (κ3) is 5.54. The molecule has 8 nitrogen and oxygen atoms in total.